The van der Waals surface area contributed by atoms with Gasteiger partial charge in [0.2, 0.25) is 0 Å². The van der Waals surface area contributed by atoms with Crippen molar-refractivity contribution in [1.82, 2.24) is 15.0 Å². The SMILES string of the molecule is c1ccc(-c2cc(-c3nc(-c4ccccc4)nc(-c4ccccc4-c4ccccc4)n3)c3c4ccccc4c4ccccc4c3c2)cc1. The molecule has 0 atom stereocenters. The van der Waals surface area contributed by atoms with E-state index in [0.717, 1.165) is 44.3 Å². The Kier molecular flexibility index (Phi) is 6.80. The van der Waals surface area contributed by atoms with Crippen molar-refractivity contribution in [2.75, 3.05) is 0 Å². The summed E-state index contributed by atoms with van der Waals surface area (Å²) in [6, 6.07) is 61.6. The van der Waals surface area contributed by atoms with E-state index in [1.807, 2.05) is 24.3 Å². The van der Waals surface area contributed by atoms with Crippen molar-refractivity contribution in [1.29, 1.82) is 0 Å². The summed E-state index contributed by atoms with van der Waals surface area (Å²) >= 11 is 0. The van der Waals surface area contributed by atoms with Crippen molar-refractivity contribution >= 4 is 32.3 Å². The number of hydrogen-bond donors (Lipinski definition) is 0. The lowest BCUT2D eigenvalue weighted by Gasteiger charge is -2.17. The topological polar surface area (TPSA) is 38.7 Å². The molecule has 224 valence electrons. The molecular weight excluding hydrogens is 583 g/mol. The van der Waals surface area contributed by atoms with E-state index in [-0.39, 0.29) is 0 Å². The molecule has 0 aliphatic rings. The summed E-state index contributed by atoms with van der Waals surface area (Å²) in [5.41, 5.74) is 7.34. The average molecular weight is 612 g/mol. The average Bonchev–Trinajstić information content (AvgIpc) is 3.18. The van der Waals surface area contributed by atoms with Gasteiger partial charge in [0.05, 0.1) is 0 Å². The zero-order chi connectivity index (χ0) is 31.9. The fourth-order valence-corrected chi connectivity index (χ4v) is 6.89. The van der Waals surface area contributed by atoms with Crippen LogP contribution in [-0.2, 0) is 0 Å². The van der Waals surface area contributed by atoms with Gasteiger partial charge in [0, 0.05) is 22.1 Å². The molecule has 1 heterocycles. The van der Waals surface area contributed by atoms with Crippen molar-refractivity contribution in [2.45, 2.75) is 0 Å². The zero-order valence-corrected chi connectivity index (χ0v) is 26.1. The van der Waals surface area contributed by atoms with Crippen LogP contribution in [-0.4, -0.2) is 15.0 Å². The molecule has 0 saturated heterocycles. The second-order valence-electron chi connectivity index (χ2n) is 12.0. The lowest BCUT2D eigenvalue weighted by atomic mass is 9.88. The van der Waals surface area contributed by atoms with Gasteiger partial charge < -0.3 is 0 Å². The fourth-order valence-electron chi connectivity index (χ4n) is 6.89. The predicted octanol–water partition coefficient (Wildman–Crippen LogP) is 11.7. The van der Waals surface area contributed by atoms with Gasteiger partial charge in [-0.25, -0.2) is 15.0 Å². The maximum Gasteiger partial charge on any atom is 0.164 e. The highest BCUT2D eigenvalue weighted by molar-refractivity contribution is 6.28. The molecule has 1 aromatic heterocycles. The van der Waals surface area contributed by atoms with Crippen molar-refractivity contribution in [3.63, 3.8) is 0 Å². The Bertz CT molecular complexity index is 2600. The van der Waals surface area contributed by atoms with Gasteiger partial charge in [-0.2, -0.15) is 0 Å². The molecule has 3 heteroatoms. The van der Waals surface area contributed by atoms with Gasteiger partial charge in [0.1, 0.15) is 0 Å². The normalized spacial score (nSPS) is 11.3. The molecule has 3 nitrogen and oxygen atoms in total. The number of aromatic nitrogens is 3. The van der Waals surface area contributed by atoms with E-state index >= 15 is 0 Å². The van der Waals surface area contributed by atoms with E-state index in [2.05, 4.69) is 152 Å². The predicted molar refractivity (Wildman–Crippen MR) is 200 cm³/mol. The molecule has 48 heavy (non-hydrogen) atoms. The number of nitrogens with zero attached hydrogens (tertiary/aromatic N) is 3. The third-order valence-electron chi connectivity index (χ3n) is 9.11. The fraction of sp³-hybridized carbons (Fsp3) is 0. The number of benzene rings is 8. The van der Waals surface area contributed by atoms with Gasteiger partial charge in [-0.3, -0.25) is 0 Å². The largest absolute Gasteiger partial charge is 0.208 e. The molecule has 0 amide bonds. The summed E-state index contributed by atoms with van der Waals surface area (Å²) in [5, 5.41) is 7.13. The minimum Gasteiger partial charge on any atom is -0.208 e. The Morgan fingerprint density at radius 2 is 0.688 bits per heavy atom. The summed E-state index contributed by atoms with van der Waals surface area (Å²) in [5.74, 6) is 1.92. The lowest BCUT2D eigenvalue weighted by Crippen LogP contribution is -2.02. The van der Waals surface area contributed by atoms with Crippen LogP contribution in [0.3, 0.4) is 0 Å². The van der Waals surface area contributed by atoms with Crippen LogP contribution < -0.4 is 0 Å². The lowest BCUT2D eigenvalue weighted by molar-refractivity contribution is 1.08. The van der Waals surface area contributed by atoms with Gasteiger partial charge in [-0.1, -0.05) is 164 Å². The highest BCUT2D eigenvalue weighted by Crippen LogP contribution is 2.43. The molecule has 0 bridgehead atoms. The Morgan fingerprint density at radius 1 is 0.250 bits per heavy atom. The van der Waals surface area contributed by atoms with E-state index in [4.69, 9.17) is 15.0 Å². The second-order valence-corrected chi connectivity index (χ2v) is 12.0. The van der Waals surface area contributed by atoms with Crippen molar-refractivity contribution in [2.24, 2.45) is 0 Å². The number of fused-ring (bicyclic) bond motifs is 6. The molecule has 9 aromatic rings. The number of hydrogen-bond acceptors (Lipinski definition) is 3. The van der Waals surface area contributed by atoms with Crippen molar-refractivity contribution in [3.05, 3.63) is 176 Å². The van der Waals surface area contributed by atoms with Gasteiger partial charge in [-0.05, 0) is 61.3 Å². The molecule has 0 aliphatic carbocycles. The first kappa shape index (κ1) is 27.8. The molecule has 9 rings (SSSR count). The summed E-state index contributed by atoms with van der Waals surface area (Å²) in [6.45, 7) is 0. The van der Waals surface area contributed by atoms with E-state index < -0.39 is 0 Å². The minimum absolute atomic E-state index is 0.640. The molecule has 0 fully saturated rings. The van der Waals surface area contributed by atoms with Gasteiger partial charge in [0.15, 0.2) is 17.5 Å². The maximum absolute atomic E-state index is 5.34. The Hall–Kier alpha value is -6.45. The molecule has 0 saturated carbocycles. The smallest absolute Gasteiger partial charge is 0.164 e. The summed E-state index contributed by atoms with van der Waals surface area (Å²) in [7, 11) is 0. The van der Waals surface area contributed by atoms with E-state index in [1.54, 1.807) is 0 Å². The van der Waals surface area contributed by atoms with Crippen LogP contribution >= 0.6 is 0 Å². The Morgan fingerprint density at radius 3 is 1.33 bits per heavy atom. The molecule has 0 aliphatic heterocycles. The van der Waals surface area contributed by atoms with Crippen molar-refractivity contribution < 1.29 is 0 Å². The first-order chi connectivity index (χ1) is 23.8. The molecule has 0 radical (unpaired) electrons. The summed E-state index contributed by atoms with van der Waals surface area (Å²) in [4.78, 5) is 15.7. The first-order valence-corrected chi connectivity index (χ1v) is 16.2. The second kappa shape index (κ2) is 11.7. The van der Waals surface area contributed by atoms with Crippen LogP contribution in [0, 0.1) is 0 Å². The van der Waals surface area contributed by atoms with Crippen LogP contribution in [0.5, 0.6) is 0 Å². The van der Waals surface area contributed by atoms with Crippen LogP contribution in [0.2, 0.25) is 0 Å². The third-order valence-corrected chi connectivity index (χ3v) is 9.11. The van der Waals surface area contributed by atoms with Crippen molar-refractivity contribution in [3.8, 4) is 56.4 Å². The van der Waals surface area contributed by atoms with E-state index in [9.17, 15) is 0 Å². The number of rotatable bonds is 5. The van der Waals surface area contributed by atoms with E-state index in [1.165, 1.54) is 26.9 Å². The molecule has 8 aromatic carbocycles. The molecule has 0 N–H and O–H groups in total. The maximum atomic E-state index is 5.34. The quantitative estimate of drug-likeness (QED) is 0.182. The highest BCUT2D eigenvalue weighted by Gasteiger charge is 2.20. The van der Waals surface area contributed by atoms with Crippen LogP contribution in [0.15, 0.2) is 176 Å². The van der Waals surface area contributed by atoms with Crippen LogP contribution in [0.25, 0.3) is 88.7 Å². The zero-order valence-electron chi connectivity index (χ0n) is 26.1. The Labute approximate surface area is 278 Å². The van der Waals surface area contributed by atoms with Crippen LogP contribution in [0.1, 0.15) is 0 Å². The van der Waals surface area contributed by atoms with Gasteiger partial charge in [-0.15, -0.1) is 0 Å². The third kappa shape index (κ3) is 4.81. The summed E-state index contributed by atoms with van der Waals surface area (Å²) < 4.78 is 0. The van der Waals surface area contributed by atoms with Gasteiger partial charge >= 0.3 is 0 Å². The molecule has 0 spiro atoms. The Balaban J connectivity index is 1.42. The monoisotopic (exact) mass is 611 g/mol. The standard InChI is InChI=1S/C45H29N3/c1-4-16-30(17-5-1)33-28-40-37-25-12-11-23-35(37)36-24-13-14-26-38(36)42(40)41(29-33)45-47-43(32-20-8-3-9-21-32)46-44(48-45)39-27-15-10-22-34(39)31-18-6-2-7-19-31/h1-29H. The molecule has 0 unspecified atom stereocenters. The molecular formula is C45H29N3. The van der Waals surface area contributed by atoms with E-state index in [0.29, 0.717) is 17.5 Å². The first-order valence-electron chi connectivity index (χ1n) is 16.2. The van der Waals surface area contributed by atoms with Crippen LogP contribution in [0.4, 0.5) is 0 Å². The highest BCUT2D eigenvalue weighted by atomic mass is 15.0. The summed E-state index contributed by atoms with van der Waals surface area (Å²) in [6.07, 6.45) is 0. The minimum atomic E-state index is 0.640. The van der Waals surface area contributed by atoms with Gasteiger partial charge in [0.25, 0.3) is 0 Å².